The predicted octanol–water partition coefficient (Wildman–Crippen LogP) is 4.56. The summed E-state index contributed by atoms with van der Waals surface area (Å²) in [5, 5.41) is 9.80. The molecule has 37 heavy (non-hydrogen) atoms. The first kappa shape index (κ1) is 25.4. The number of amides is 1. The van der Waals surface area contributed by atoms with E-state index in [0.717, 1.165) is 55.7 Å². The molecular formula is C27H28N4O4S2. The van der Waals surface area contributed by atoms with Gasteiger partial charge in [0.25, 0.3) is 11.5 Å². The Bertz CT molecular complexity index is 1400. The second-order valence-electron chi connectivity index (χ2n) is 9.26. The van der Waals surface area contributed by atoms with E-state index in [9.17, 15) is 14.9 Å². The van der Waals surface area contributed by atoms with E-state index in [1.54, 1.807) is 16.4 Å². The van der Waals surface area contributed by atoms with Crippen LogP contribution in [0.4, 0.5) is 5.82 Å². The zero-order chi connectivity index (χ0) is 26.1. The summed E-state index contributed by atoms with van der Waals surface area (Å²) in [5.74, 6) is 1.93. The second kappa shape index (κ2) is 10.6. The summed E-state index contributed by atoms with van der Waals surface area (Å²) in [6.07, 6.45) is 6.19. The van der Waals surface area contributed by atoms with Gasteiger partial charge in [0.15, 0.2) is 11.5 Å². The van der Waals surface area contributed by atoms with Gasteiger partial charge in [-0.3, -0.25) is 19.1 Å². The highest BCUT2D eigenvalue weighted by Gasteiger charge is 2.33. The molecule has 3 aliphatic heterocycles. The van der Waals surface area contributed by atoms with E-state index in [0.29, 0.717) is 39.4 Å². The molecule has 0 bridgehead atoms. The van der Waals surface area contributed by atoms with Crippen LogP contribution in [0.25, 0.3) is 6.08 Å². The number of thiocarbonyl (C=S) groups is 1. The highest BCUT2D eigenvalue weighted by molar-refractivity contribution is 8.26. The molecule has 0 radical (unpaired) electrons. The normalized spacial score (nSPS) is 18.5. The van der Waals surface area contributed by atoms with Crippen molar-refractivity contribution >= 4 is 46.1 Å². The molecular weight excluding hydrogens is 508 g/mol. The van der Waals surface area contributed by atoms with Crippen molar-refractivity contribution in [2.24, 2.45) is 0 Å². The van der Waals surface area contributed by atoms with Crippen molar-refractivity contribution in [3.05, 3.63) is 55.7 Å². The lowest BCUT2D eigenvalue weighted by atomic mass is 10.0. The Morgan fingerprint density at radius 3 is 2.57 bits per heavy atom. The van der Waals surface area contributed by atoms with E-state index in [2.05, 4.69) is 11.0 Å². The number of carbonyl (C=O) groups is 1. The molecule has 0 unspecified atom stereocenters. The molecule has 192 valence electrons. The third-order valence-corrected chi connectivity index (χ3v) is 8.37. The average Bonchev–Trinajstić information content (AvgIpc) is 3.33. The van der Waals surface area contributed by atoms with Gasteiger partial charge in [-0.15, -0.1) is 0 Å². The first-order valence-electron chi connectivity index (χ1n) is 12.5. The number of nitrogens with zero attached hydrogens (tertiary/aromatic N) is 4. The molecule has 4 heterocycles. The number of fused-ring (bicyclic) bond motifs is 1. The van der Waals surface area contributed by atoms with Gasteiger partial charge in [0.1, 0.15) is 21.8 Å². The molecule has 0 saturated carbocycles. The van der Waals surface area contributed by atoms with Crippen LogP contribution in [0.1, 0.15) is 54.9 Å². The Morgan fingerprint density at radius 1 is 1.14 bits per heavy atom. The van der Waals surface area contributed by atoms with Crippen LogP contribution in [-0.4, -0.2) is 39.6 Å². The number of hydrogen-bond donors (Lipinski definition) is 0. The van der Waals surface area contributed by atoms with Crippen LogP contribution in [0.15, 0.2) is 27.9 Å². The molecule has 5 rings (SSSR count). The number of carbonyl (C=O) groups excluding carboxylic acids is 1. The van der Waals surface area contributed by atoms with E-state index < -0.39 is 0 Å². The zero-order valence-electron chi connectivity index (χ0n) is 20.9. The second-order valence-corrected chi connectivity index (χ2v) is 10.9. The smallest absolute Gasteiger partial charge is 0.270 e. The molecule has 8 nitrogen and oxygen atoms in total. The molecule has 0 aliphatic carbocycles. The Balaban J connectivity index is 1.54. The largest absolute Gasteiger partial charge is 0.454 e. The summed E-state index contributed by atoms with van der Waals surface area (Å²) < 4.78 is 13.0. The van der Waals surface area contributed by atoms with Crippen LogP contribution >= 0.6 is 24.0 Å². The van der Waals surface area contributed by atoms with Crippen LogP contribution in [-0.2, 0) is 17.9 Å². The molecule has 2 fully saturated rings. The fourth-order valence-electron chi connectivity index (χ4n) is 5.05. The summed E-state index contributed by atoms with van der Waals surface area (Å²) in [6.45, 7) is 6.30. The van der Waals surface area contributed by atoms with Gasteiger partial charge in [-0.25, -0.2) is 0 Å². The van der Waals surface area contributed by atoms with Gasteiger partial charge >= 0.3 is 0 Å². The molecule has 0 N–H and O–H groups in total. The summed E-state index contributed by atoms with van der Waals surface area (Å²) in [6, 6.07) is 7.69. The van der Waals surface area contributed by atoms with Gasteiger partial charge in [-0.2, -0.15) is 5.26 Å². The van der Waals surface area contributed by atoms with Crippen molar-refractivity contribution in [3.8, 4) is 17.6 Å². The lowest BCUT2D eigenvalue weighted by Crippen LogP contribution is -2.35. The lowest BCUT2D eigenvalue weighted by Gasteiger charge is -2.29. The summed E-state index contributed by atoms with van der Waals surface area (Å²) in [7, 11) is 0. The van der Waals surface area contributed by atoms with E-state index in [1.807, 2.05) is 31.2 Å². The number of thioether (sulfide) groups is 1. The highest BCUT2D eigenvalue weighted by atomic mass is 32.2. The van der Waals surface area contributed by atoms with Gasteiger partial charge < -0.3 is 14.4 Å². The van der Waals surface area contributed by atoms with Gasteiger partial charge in [-0.1, -0.05) is 42.9 Å². The Labute approximate surface area is 225 Å². The number of aromatic nitrogens is 1. The van der Waals surface area contributed by atoms with Crippen molar-refractivity contribution in [1.29, 1.82) is 5.26 Å². The third-order valence-electron chi connectivity index (χ3n) is 6.99. The molecule has 1 aromatic heterocycles. The first-order chi connectivity index (χ1) is 17.9. The fraction of sp³-hybridized carbons (Fsp3) is 0.407. The molecule has 0 spiro atoms. The van der Waals surface area contributed by atoms with Crippen LogP contribution in [0, 0.1) is 18.3 Å². The number of rotatable bonds is 5. The monoisotopic (exact) mass is 536 g/mol. The Kier molecular flexibility index (Phi) is 7.26. The van der Waals surface area contributed by atoms with Crippen molar-refractivity contribution < 1.29 is 14.3 Å². The average molecular weight is 537 g/mol. The summed E-state index contributed by atoms with van der Waals surface area (Å²) >= 11 is 6.83. The minimum absolute atomic E-state index is 0.113. The maximum atomic E-state index is 13.5. The number of anilines is 1. The minimum Gasteiger partial charge on any atom is -0.454 e. The molecule has 1 amide bonds. The maximum Gasteiger partial charge on any atom is 0.270 e. The third kappa shape index (κ3) is 4.74. The van der Waals surface area contributed by atoms with E-state index in [1.165, 1.54) is 11.8 Å². The molecule has 10 heteroatoms. The number of benzene rings is 1. The number of pyridine rings is 1. The lowest BCUT2D eigenvalue weighted by molar-refractivity contribution is -0.122. The summed E-state index contributed by atoms with van der Waals surface area (Å²) in [4.78, 5) is 31.0. The molecule has 3 aliphatic rings. The van der Waals surface area contributed by atoms with Crippen molar-refractivity contribution in [2.45, 2.75) is 52.6 Å². The number of nitriles is 1. The molecule has 1 aromatic carbocycles. The highest BCUT2D eigenvalue weighted by Crippen LogP contribution is 2.38. The Hall–Kier alpha value is -3.29. The maximum absolute atomic E-state index is 13.5. The van der Waals surface area contributed by atoms with Gasteiger partial charge in [0, 0.05) is 25.2 Å². The SMILES string of the molecule is CCn1c(N2CCCCCC2)c(C=C2SC(=S)N(Cc3ccc4c(c3)OCO4)C2=O)c(C)c(C#N)c1=O. The van der Waals surface area contributed by atoms with Gasteiger partial charge in [-0.05, 0) is 56.0 Å². The topological polar surface area (TPSA) is 87.8 Å². The van der Waals surface area contributed by atoms with Crippen molar-refractivity contribution in [1.82, 2.24) is 9.47 Å². The molecule has 2 saturated heterocycles. The van der Waals surface area contributed by atoms with Crippen LogP contribution in [0.3, 0.4) is 0 Å². The first-order valence-corrected chi connectivity index (χ1v) is 13.7. The van der Waals surface area contributed by atoms with Crippen LogP contribution < -0.4 is 19.9 Å². The quantitative estimate of drug-likeness (QED) is 0.406. The van der Waals surface area contributed by atoms with Gasteiger partial charge in [0.05, 0.1) is 11.4 Å². The zero-order valence-corrected chi connectivity index (χ0v) is 22.5. The van der Waals surface area contributed by atoms with E-state index in [-0.39, 0.29) is 23.8 Å². The number of ether oxygens (including phenoxy) is 2. The predicted molar refractivity (Wildman–Crippen MR) is 148 cm³/mol. The van der Waals surface area contributed by atoms with Crippen molar-refractivity contribution in [2.75, 3.05) is 24.8 Å². The summed E-state index contributed by atoms with van der Waals surface area (Å²) in [5.41, 5.74) is 2.05. The fourth-order valence-corrected chi connectivity index (χ4v) is 6.29. The van der Waals surface area contributed by atoms with Crippen molar-refractivity contribution in [3.63, 3.8) is 0 Å². The Morgan fingerprint density at radius 2 is 1.86 bits per heavy atom. The molecule has 0 atom stereocenters. The van der Waals surface area contributed by atoms with E-state index >= 15 is 0 Å². The van der Waals surface area contributed by atoms with E-state index in [4.69, 9.17) is 21.7 Å². The standard InChI is InChI=1S/C27H28N4O4S2/c1-3-30-24(29-10-6-4-5-7-11-29)19(17(2)20(14-28)25(30)32)13-23-26(33)31(27(36)37-23)15-18-8-9-21-22(12-18)35-16-34-21/h8-9,12-13H,3-7,10-11,15-16H2,1-2H3. The molecule has 2 aromatic rings. The van der Waals surface area contributed by atoms with Gasteiger partial charge in [0.2, 0.25) is 6.79 Å². The number of hydrogen-bond acceptors (Lipinski definition) is 8. The van der Waals surface area contributed by atoms with Crippen LogP contribution in [0.2, 0.25) is 0 Å². The van der Waals surface area contributed by atoms with Crippen LogP contribution in [0.5, 0.6) is 11.5 Å². The minimum atomic E-state index is -0.283.